The lowest BCUT2D eigenvalue weighted by atomic mass is 10.0. The summed E-state index contributed by atoms with van der Waals surface area (Å²) in [5.41, 5.74) is 0. The summed E-state index contributed by atoms with van der Waals surface area (Å²) in [6, 6.07) is 0. The van der Waals surface area contributed by atoms with Gasteiger partial charge in [-0.1, -0.05) is 316 Å². The number of rotatable bonds is 57. The van der Waals surface area contributed by atoms with E-state index >= 15 is 0 Å². The molecule has 1 unspecified atom stereocenters. The van der Waals surface area contributed by atoms with Crippen LogP contribution < -0.4 is 0 Å². The normalized spacial score (nSPS) is 11.9. The van der Waals surface area contributed by atoms with Crippen LogP contribution in [0.3, 0.4) is 0 Å². The van der Waals surface area contributed by atoms with Gasteiger partial charge in [-0.3, -0.25) is 14.4 Å². The summed E-state index contributed by atoms with van der Waals surface area (Å²) in [6.45, 7) is 6.60. The summed E-state index contributed by atoms with van der Waals surface area (Å²) < 4.78 is 16.7. The Morgan fingerprint density at radius 2 is 0.403 bits per heavy atom. The topological polar surface area (TPSA) is 78.9 Å². The molecule has 0 rings (SSSR count). The number of hydrogen-bond donors (Lipinski definition) is 0. The minimum Gasteiger partial charge on any atom is -0.462 e. The minimum atomic E-state index is -0.757. The lowest BCUT2D eigenvalue weighted by Crippen LogP contribution is -2.30. The Morgan fingerprint density at radius 1 is 0.239 bits per heavy atom. The van der Waals surface area contributed by atoms with Crippen molar-refractivity contribution < 1.29 is 28.6 Å². The number of esters is 3. The Hall–Kier alpha value is -1.59. The quantitative estimate of drug-likeness (QED) is 0.0343. The highest BCUT2D eigenvalue weighted by Gasteiger charge is 2.19. The van der Waals surface area contributed by atoms with Crippen LogP contribution in [0.2, 0.25) is 0 Å². The molecule has 67 heavy (non-hydrogen) atoms. The highest BCUT2D eigenvalue weighted by atomic mass is 16.6. The first-order chi connectivity index (χ1) is 33.0. The molecule has 0 aromatic heterocycles. The highest BCUT2D eigenvalue weighted by molar-refractivity contribution is 5.71. The molecular formula is C61H118O6. The van der Waals surface area contributed by atoms with Gasteiger partial charge >= 0.3 is 17.9 Å². The molecule has 0 saturated heterocycles. The van der Waals surface area contributed by atoms with Gasteiger partial charge in [-0.2, -0.15) is 0 Å². The first-order valence-corrected chi connectivity index (χ1v) is 30.5. The second kappa shape index (κ2) is 57.0. The van der Waals surface area contributed by atoms with Crippen LogP contribution in [0, 0.1) is 0 Å². The molecule has 0 N–H and O–H groups in total. The SMILES string of the molecule is CCCCCCCCCCCCCCCCCCCCCCCCCCCCCCCCCCCCCC(=O)OCC(COC(=O)CCCCCCCCC)OC(=O)CCCCCCCCC. The first kappa shape index (κ1) is 65.4. The third kappa shape index (κ3) is 55.2. The summed E-state index contributed by atoms with van der Waals surface area (Å²) in [7, 11) is 0. The third-order valence-electron chi connectivity index (χ3n) is 14.1. The van der Waals surface area contributed by atoms with Crippen molar-refractivity contribution in [2.45, 2.75) is 361 Å². The van der Waals surface area contributed by atoms with Crippen LogP contribution >= 0.6 is 0 Å². The Kier molecular flexibility index (Phi) is 55.6. The number of carbonyl (C=O) groups is 3. The maximum Gasteiger partial charge on any atom is 0.306 e. The molecule has 6 heteroatoms. The van der Waals surface area contributed by atoms with E-state index < -0.39 is 6.10 Å². The molecule has 0 saturated carbocycles. The fourth-order valence-corrected chi connectivity index (χ4v) is 9.51. The van der Waals surface area contributed by atoms with Crippen LogP contribution in [0.25, 0.3) is 0 Å². The predicted molar refractivity (Wildman–Crippen MR) is 289 cm³/mol. The van der Waals surface area contributed by atoms with E-state index in [1.54, 1.807) is 0 Å². The van der Waals surface area contributed by atoms with Gasteiger partial charge in [0.25, 0.3) is 0 Å². The monoisotopic (exact) mass is 947 g/mol. The van der Waals surface area contributed by atoms with E-state index in [4.69, 9.17) is 14.2 Å². The maximum atomic E-state index is 12.6. The zero-order valence-electron chi connectivity index (χ0n) is 45.7. The van der Waals surface area contributed by atoms with Crippen molar-refractivity contribution in [2.75, 3.05) is 13.2 Å². The number of carbonyl (C=O) groups excluding carboxylic acids is 3. The van der Waals surface area contributed by atoms with Crippen LogP contribution in [-0.2, 0) is 28.6 Å². The molecule has 0 fully saturated rings. The molecule has 0 heterocycles. The smallest absolute Gasteiger partial charge is 0.306 e. The predicted octanol–water partition coefficient (Wildman–Crippen LogP) is 20.3. The molecule has 1 atom stereocenters. The van der Waals surface area contributed by atoms with Crippen LogP contribution in [-0.4, -0.2) is 37.2 Å². The second-order valence-electron chi connectivity index (χ2n) is 21.0. The molecule has 0 amide bonds. The van der Waals surface area contributed by atoms with Crippen molar-refractivity contribution in [3.63, 3.8) is 0 Å². The van der Waals surface area contributed by atoms with Crippen LogP contribution in [0.15, 0.2) is 0 Å². The van der Waals surface area contributed by atoms with Gasteiger partial charge in [0.05, 0.1) is 0 Å². The molecule has 6 nitrogen and oxygen atoms in total. The van der Waals surface area contributed by atoms with Crippen molar-refractivity contribution in [3.8, 4) is 0 Å². The first-order valence-electron chi connectivity index (χ1n) is 30.5. The van der Waals surface area contributed by atoms with Crippen LogP contribution in [0.5, 0.6) is 0 Å². The van der Waals surface area contributed by atoms with Crippen molar-refractivity contribution in [1.82, 2.24) is 0 Å². The number of hydrogen-bond acceptors (Lipinski definition) is 6. The van der Waals surface area contributed by atoms with E-state index in [0.717, 1.165) is 57.8 Å². The van der Waals surface area contributed by atoms with Crippen molar-refractivity contribution in [2.24, 2.45) is 0 Å². The average molecular weight is 948 g/mol. The Morgan fingerprint density at radius 3 is 0.597 bits per heavy atom. The fourth-order valence-electron chi connectivity index (χ4n) is 9.51. The molecule has 0 aromatic carbocycles. The van der Waals surface area contributed by atoms with Gasteiger partial charge in [-0.15, -0.1) is 0 Å². The lowest BCUT2D eigenvalue weighted by molar-refractivity contribution is -0.167. The van der Waals surface area contributed by atoms with Gasteiger partial charge in [0.2, 0.25) is 0 Å². The molecule has 398 valence electrons. The molecule has 0 aliphatic heterocycles. The van der Waals surface area contributed by atoms with Crippen LogP contribution in [0.1, 0.15) is 355 Å². The minimum absolute atomic E-state index is 0.0635. The highest BCUT2D eigenvalue weighted by Crippen LogP contribution is 2.18. The standard InChI is InChI=1S/C61H118O6/c1-4-7-10-13-16-17-18-19-20-21-22-23-24-25-26-27-28-29-30-31-32-33-34-35-36-37-38-39-40-41-42-43-46-48-51-54-60(63)66-57-58(67-61(64)55-52-49-45-15-12-9-6-3)56-65-59(62)53-50-47-44-14-11-8-5-2/h58H,4-57H2,1-3H3. The lowest BCUT2D eigenvalue weighted by Gasteiger charge is -2.18. The Labute approximate surface area is 418 Å². The summed E-state index contributed by atoms with van der Waals surface area (Å²) in [4.78, 5) is 37.6. The summed E-state index contributed by atoms with van der Waals surface area (Å²) in [5, 5.41) is 0. The molecular weight excluding hydrogens is 829 g/mol. The van der Waals surface area contributed by atoms with E-state index in [1.807, 2.05) is 0 Å². The van der Waals surface area contributed by atoms with E-state index in [1.165, 1.54) is 257 Å². The molecule has 0 aliphatic carbocycles. The molecule has 0 bridgehead atoms. The zero-order valence-corrected chi connectivity index (χ0v) is 45.7. The summed E-state index contributed by atoms with van der Waals surface area (Å²) in [5.74, 6) is -0.859. The van der Waals surface area contributed by atoms with Gasteiger partial charge in [0.15, 0.2) is 6.10 Å². The maximum absolute atomic E-state index is 12.6. The van der Waals surface area contributed by atoms with E-state index in [0.29, 0.717) is 19.3 Å². The van der Waals surface area contributed by atoms with E-state index in [9.17, 15) is 14.4 Å². The van der Waals surface area contributed by atoms with Crippen LogP contribution in [0.4, 0.5) is 0 Å². The molecule has 0 aliphatic rings. The summed E-state index contributed by atoms with van der Waals surface area (Å²) in [6.07, 6.45) is 64.8. The number of ether oxygens (including phenoxy) is 3. The molecule has 0 radical (unpaired) electrons. The largest absolute Gasteiger partial charge is 0.462 e. The van der Waals surface area contributed by atoms with E-state index in [2.05, 4.69) is 20.8 Å². The average Bonchev–Trinajstić information content (AvgIpc) is 3.33. The Balaban J connectivity index is 3.72. The van der Waals surface area contributed by atoms with Gasteiger partial charge < -0.3 is 14.2 Å². The summed E-state index contributed by atoms with van der Waals surface area (Å²) >= 11 is 0. The molecule has 0 spiro atoms. The van der Waals surface area contributed by atoms with Crippen molar-refractivity contribution in [3.05, 3.63) is 0 Å². The molecule has 0 aromatic rings. The van der Waals surface area contributed by atoms with Gasteiger partial charge in [0, 0.05) is 19.3 Å². The van der Waals surface area contributed by atoms with Crippen molar-refractivity contribution in [1.29, 1.82) is 0 Å². The van der Waals surface area contributed by atoms with Gasteiger partial charge in [-0.05, 0) is 19.3 Å². The van der Waals surface area contributed by atoms with Gasteiger partial charge in [0.1, 0.15) is 13.2 Å². The third-order valence-corrected chi connectivity index (χ3v) is 14.1. The van der Waals surface area contributed by atoms with Gasteiger partial charge in [-0.25, -0.2) is 0 Å². The Bertz CT molecular complexity index is 998. The van der Waals surface area contributed by atoms with E-state index in [-0.39, 0.29) is 31.1 Å². The number of unbranched alkanes of at least 4 members (excludes halogenated alkanes) is 46. The zero-order chi connectivity index (χ0) is 48.6. The fraction of sp³-hybridized carbons (Fsp3) is 0.951. The van der Waals surface area contributed by atoms with Crippen molar-refractivity contribution >= 4 is 17.9 Å². The second-order valence-corrected chi connectivity index (χ2v) is 21.0.